The van der Waals surface area contributed by atoms with E-state index in [-0.39, 0.29) is 12.5 Å². The molecule has 4 rings (SSSR count). The molecule has 1 aromatic carbocycles. The Balaban J connectivity index is 1.26. The highest BCUT2D eigenvalue weighted by molar-refractivity contribution is 8.00. The van der Waals surface area contributed by atoms with Gasteiger partial charge in [-0.05, 0) is 63.8 Å². The van der Waals surface area contributed by atoms with Gasteiger partial charge in [-0.25, -0.2) is 0 Å². The highest BCUT2D eigenvalue weighted by atomic mass is 35.5. The van der Waals surface area contributed by atoms with E-state index in [1.165, 1.54) is 44.9 Å². The van der Waals surface area contributed by atoms with Crippen LogP contribution in [0.15, 0.2) is 23.1 Å². The first-order valence-corrected chi connectivity index (χ1v) is 11.9. The fourth-order valence-electron chi connectivity index (χ4n) is 4.97. The molecule has 6 heteroatoms. The van der Waals surface area contributed by atoms with Gasteiger partial charge in [0.25, 0.3) is 5.91 Å². The number of nitrogens with zero attached hydrogens (tertiary/aromatic N) is 1. The Morgan fingerprint density at radius 1 is 1.18 bits per heavy atom. The van der Waals surface area contributed by atoms with E-state index in [1.54, 1.807) is 0 Å². The third-order valence-electron chi connectivity index (χ3n) is 6.59. The van der Waals surface area contributed by atoms with Crippen LogP contribution in [0.25, 0.3) is 0 Å². The van der Waals surface area contributed by atoms with E-state index in [9.17, 15) is 4.79 Å². The summed E-state index contributed by atoms with van der Waals surface area (Å²) in [6, 6.07) is 7.62. The number of amides is 1. The molecular weight excluding hydrogens is 392 g/mol. The van der Waals surface area contributed by atoms with Gasteiger partial charge in [-0.2, -0.15) is 0 Å². The van der Waals surface area contributed by atoms with Crippen LogP contribution in [0.2, 0.25) is 5.02 Å². The minimum atomic E-state index is -0.0386. The average Bonchev–Trinajstić information content (AvgIpc) is 2.90. The van der Waals surface area contributed by atoms with Crippen LogP contribution in [0.5, 0.6) is 5.75 Å². The number of rotatable bonds is 6. The highest BCUT2D eigenvalue weighted by Crippen LogP contribution is 2.43. The van der Waals surface area contributed by atoms with Gasteiger partial charge < -0.3 is 15.0 Å². The smallest absolute Gasteiger partial charge is 0.258 e. The molecule has 2 bridgehead atoms. The summed E-state index contributed by atoms with van der Waals surface area (Å²) < 4.78 is 5.68. The minimum Gasteiger partial charge on any atom is -0.484 e. The maximum absolute atomic E-state index is 12.1. The number of ether oxygens (including phenoxy) is 1. The van der Waals surface area contributed by atoms with Gasteiger partial charge in [0, 0.05) is 28.3 Å². The summed E-state index contributed by atoms with van der Waals surface area (Å²) >= 11 is 8.43. The second-order valence-electron chi connectivity index (χ2n) is 8.55. The molecule has 1 aromatic rings. The molecule has 3 aliphatic rings. The number of halogens is 1. The van der Waals surface area contributed by atoms with E-state index in [1.807, 2.05) is 30.0 Å². The van der Waals surface area contributed by atoms with Crippen LogP contribution in [-0.2, 0) is 4.79 Å². The summed E-state index contributed by atoms with van der Waals surface area (Å²) in [4.78, 5) is 15.8. The third-order valence-corrected chi connectivity index (χ3v) is 8.35. The van der Waals surface area contributed by atoms with Crippen molar-refractivity contribution < 1.29 is 9.53 Å². The maximum atomic E-state index is 12.1. The van der Waals surface area contributed by atoms with Crippen molar-refractivity contribution in [2.45, 2.75) is 86.1 Å². The standard InChI is InChI=1S/C22H31ClN2O2S/c1-25-16-7-8-17(25)12-19(11-16)28-21-10-9-18(13-20(21)23)27-14-22(26)24-15-5-3-2-4-6-15/h9-10,13,15-17,19H,2-8,11-12,14H2,1H3,(H,24,26). The molecule has 2 saturated heterocycles. The highest BCUT2D eigenvalue weighted by Gasteiger charge is 2.38. The Hall–Kier alpha value is -0.910. The summed E-state index contributed by atoms with van der Waals surface area (Å²) in [5.74, 6) is 0.625. The Morgan fingerprint density at radius 3 is 2.57 bits per heavy atom. The van der Waals surface area contributed by atoms with Crippen molar-refractivity contribution in [2.24, 2.45) is 0 Å². The molecule has 2 unspecified atom stereocenters. The first kappa shape index (κ1) is 20.4. The molecule has 0 aromatic heterocycles. The summed E-state index contributed by atoms with van der Waals surface area (Å²) in [5, 5.41) is 4.44. The zero-order chi connectivity index (χ0) is 19.5. The van der Waals surface area contributed by atoms with E-state index >= 15 is 0 Å². The summed E-state index contributed by atoms with van der Waals surface area (Å²) in [6.45, 7) is 0.0532. The molecule has 2 aliphatic heterocycles. The Labute approximate surface area is 177 Å². The van der Waals surface area contributed by atoms with Crippen molar-refractivity contribution in [2.75, 3.05) is 13.7 Å². The van der Waals surface area contributed by atoms with Crippen molar-refractivity contribution in [3.05, 3.63) is 23.2 Å². The van der Waals surface area contributed by atoms with Gasteiger partial charge in [0.05, 0.1) is 5.02 Å². The van der Waals surface area contributed by atoms with Crippen LogP contribution in [-0.4, -0.2) is 47.8 Å². The van der Waals surface area contributed by atoms with Gasteiger partial charge in [-0.1, -0.05) is 30.9 Å². The van der Waals surface area contributed by atoms with Crippen molar-refractivity contribution in [3.63, 3.8) is 0 Å². The molecule has 28 heavy (non-hydrogen) atoms. The van der Waals surface area contributed by atoms with E-state index < -0.39 is 0 Å². The third kappa shape index (κ3) is 4.98. The summed E-state index contributed by atoms with van der Waals surface area (Å²) in [7, 11) is 2.27. The number of thioether (sulfide) groups is 1. The van der Waals surface area contributed by atoms with Crippen LogP contribution in [0.4, 0.5) is 0 Å². The van der Waals surface area contributed by atoms with Crippen LogP contribution in [0.1, 0.15) is 57.8 Å². The molecule has 154 valence electrons. The largest absolute Gasteiger partial charge is 0.484 e. The van der Waals surface area contributed by atoms with Crippen molar-refractivity contribution in [1.29, 1.82) is 0 Å². The normalized spacial score (nSPS) is 28.3. The van der Waals surface area contributed by atoms with Crippen LogP contribution in [0.3, 0.4) is 0 Å². The number of fused-ring (bicyclic) bond motifs is 2. The first-order chi connectivity index (χ1) is 13.6. The van der Waals surface area contributed by atoms with Gasteiger partial charge in [0.1, 0.15) is 5.75 Å². The zero-order valence-corrected chi connectivity index (χ0v) is 18.2. The fourth-order valence-corrected chi connectivity index (χ4v) is 6.59. The van der Waals surface area contributed by atoms with Crippen molar-refractivity contribution in [3.8, 4) is 5.75 Å². The fraction of sp³-hybridized carbons (Fsp3) is 0.682. The predicted octanol–water partition coefficient (Wildman–Crippen LogP) is 4.89. The number of benzene rings is 1. The lowest BCUT2D eigenvalue weighted by Crippen LogP contribution is -2.40. The second-order valence-corrected chi connectivity index (χ2v) is 10.3. The molecule has 1 N–H and O–H groups in total. The van der Waals surface area contributed by atoms with Crippen molar-refractivity contribution >= 4 is 29.3 Å². The first-order valence-electron chi connectivity index (χ1n) is 10.7. The molecule has 0 radical (unpaired) electrons. The lowest BCUT2D eigenvalue weighted by atomic mass is 9.95. The summed E-state index contributed by atoms with van der Waals surface area (Å²) in [5.41, 5.74) is 0. The van der Waals surface area contributed by atoms with E-state index in [0.717, 1.165) is 34.8 Å². The van der Waals surface area contributed by atoms with Gasteiger partial charge >= 0.3 is 0 Å². The molecular formula is C22H31ClN2O2S. The number of hydrogen-bond acceptors (Lipinski definition) is 4. The lowest BCUT2D eigenvalue weighted by Gasteiger charge is -2.36. The number of carbonyl (C=O) groups is 1. The van der Waals surface area contributed by atoms with Crippen LogP contribution >= 0.6 is 23.4 Å². The monoisotopic (exact) mass is 422 g/mol. The SMILES string of the molecule is CN1C2CCC1CC(Sc1ccc(OCC(=O)NC3CCCCC3)cc1Cl)C2. The van der Waals surface area contributed by atoms with Gasteiger partial charge in [-0.3, -0.25) is 4.79 Å². The van der Waals surface area contributed by atoms with Gasteiger partial charge in [-0.15, -0.1) is 11.8 Å². The quantitative estimate of drug-likeness (QED) is 0.708. The van der Waals surface area contributed by atoms with Gasteiger partial charge in [0.2, 0.25) is 0 Å². The van der Waals surface area contributed by atoms with Crippen LogP contribution in [0, 0.1) is 0 Å². The van der Waals surface area contributed by atoms with Crippen LogP contribution < -0.4 is 10.1 Å². The van der Waals surface area contributed by atoms with Gasteiger partial charge in [0.15, 0.2) is 6.61 Å². The second kappa shape index (κ2) is 9.27. The number of nitrogens with one attached hydrogen (secondary N) is 1. The number of hydrogen-bond donors (Lipinski definition) is 1. The average molecular weight is 423 g/mol. The molecule has 0 spiro atoms. The number of piperidine rings is 1. The molecule has 2 atom stereocenters. The molecule has 2 heterocycles. The summed E-state index contributed by atoms with van der Waals surface area (Å²) in [6.07, 6.45) is 11.0. The zero-order valence-electron chi connectivity index (χ0n) is 16.7. The Morgan fingerprint density at radius 2 is 1.89 bits per heavy atom. The molecule has 1 aliphatic carbocycles. The molecule has 1 saturated carbocycles. The van der Waals surface area contributed by atoms with E-state index in [4.69, 9.17) is 16.3 Å². The van der Waals surface area contributed by atoms with Crippen molar-refractivity contribution in [1.82, 2.24) is 10.2 Å². The number of carbonyl (C=O) groups excluding carboxylic acids is 1. The van der Waals surface area contributed by atoms with E-state index in [2.05, 4.69) is 17.3 Å². The minimum absolute atomic E-state index is 0.0386. The predicted molar refractivity (Wildman–Crippen MR) is 115 cm³/mol. The lowest BCUT2D eigenvalue weighted by molar-refractivity contribution is -0.124. The van der Waals surface area contributed by atoms with E-state index in [0.29, 0.717) is 17.0 Å². The Kier molecular flexibility index (Phi) is 6.74. The maximum Gasteiger partial charge on any atom is 0.258 e. The Bertz CT molecular complexity index is 681. The molecule has 3 fully saturated rings. The topological polar surface area (TPSA) is 41.6 Å². The molecule has 1 amide bonds. The molecule has 4 nitrogen and oxygen atoms in total.